The van der Waals surface area contributed by atoms with Crippen LogP contribution in [0.15, 0.2) is 28.8 Å². The van der Waals surface area contributed by atoms with Gasteiger partial charge in [-0.1, -0.05) is 5.16 Å². The Morgan fingerprint density at radius 1 is 1.23 bits per heavy atom. The van der Waals surface area contributed by atoms with E-state index >= 15 is 0 Å². The highest BCUT2D eigenvalue weighted by molar-refractivity contribution is 5.78. The lowest BCUT2D eigenvalue weighted by Crippen LogP contribution is -2.46. The quantitative estimate of drug-likeness (QED) is 0.658. The van der Waals surface area contributed by atoms with E-state index in [2.05, 4.69) is 10.1 Å². The van der Waals surface area contributed by atoms with Crippen molar-refractivity contribution in [1.82, 2.24) is 15.0 Å². The lowest BCUT2D eigenvalue weighted by Gasteiger charge is -2.28. The molecule has 1 amide bonds. The molecule has 2 heterocycles. The topological polar surface area (TPSA) is 68.5 Å². The average molecular weight is 427 g/mol. The molecular formula is C20H21F4N3O3. The molecule has 1 aromatic heterocycles. The number of methoxy groups -OCH3 is 1. The summed E-state index contributed by atoms with van der Waals surface area (Å²) in [5, 5.41) is 3.65. The number of hydrogen-bond acceptors (Lipinski definition) is 5. The lowest BCUT2D eigenvalue weighted by molar-refractivity contribution is -0.194. The number of ether oxygens (including phenoxy) is 1. The number of amides is 1. The molecule has 0 spiro atoms. The van der Waals surface area contributed by atoms with E-state index in [0.717, 1.165) is 25.0 Å². The van der Waals surface area contributed by atoms with Gasteiger partial charge in [-0.3, -0.25) is 4.79 Å². The van der Waals surface area contributed by atoms with E-state index in [4.69, 9.17) is 9.26 Å². The number of hydrogen-bond donors (Lipinski definition) is 0. The van der Waals surface area contributed by atoms with Crippen molar-refractivity contribution in [2.75, 3.05) is 26.8 Å². The highest BCUT2D eigenvalue weighted by Gasteiger charge is 2.63. The van der Waals surface area contributed by atoms with Crippen LogP contribution in [0.2, 0.25) is 0 Å². The molecule has 1 aliphatic heterocycles. The molecule has 2 fully saturated rings. The summed E-state index contributed by atoms with van der Waals surface area (Å²) in [4.78, 5) is 17.9. The molecule has 30 heavy (non-hydrogen) atoms. The Balaban J connectivity index is 1.56. The molecule has 10 heteroatoms. The maximum Gasteiger partial charge on any atom is 0.405 e. The third-order valence-electron chi connectivity index (χ3n) is 6.04. The minimum absolute atomic E-state index is 0.0460. The fourth-order valence-corrected chi connectivity index (χ4v) is 3.97. The molecule has 6 nitrogen and oxygen atoms in total. The summed E-state index contributed by atoms with van der Waals surface area (Å²) in [5.74, 6) is -1.45. The molecule has 4 rings (SSSR count). The summed E-state index contributed by atoms with van der Waals surface area (Å²) in [5.41, 5.74) is -2.34. The summed E-state index contributed by atoms with van der Waals surface area (Å²) >= 11 is 0. The van der Waals surface area contributed by atoms with E-state index < -0.39 is 29.8 Å². The third kappa shape index (κ3) is 3.68. The number of nitrogens with zero attached hydrogens (tertiary/aromatic N) is 3. The maximum atomic E-state index is 14.1. The van der Waals surface area contributed by atoms with Crippen LogP contribution in [0.25, 0.3) is 11.4 Å². The first-order valence-electron chi connectivity index (χ1n) is 9.62. The normalized spacial score (nSPS) is 23.0. The van der Waals surface area contributed by atoms with Gasteiger partial charge in [-0.15, -0.1) is 0 Å². The van der Waals surface area contributed by atoms with Crippen LogP contribution >= 0.6 is 0 Å². The van der Waals surface area contributed by atoms with Crippen molar-refractivity contribution in [1.29, 1.82) is 0 Å². The number of alkyl halides is 3. The van der Waals surface area contributed by atoms with E-state index in [-0.39, 0.29) is 36.5 Å². The van der Waals surface area contributed by atoms with Gasteiger partial charge in [0, 0.05) is 37.6 Å². The summed E-state index contributed by atoms with van der Waals surface area (Å²) in [6, 6.07) is 5.04. The van der Waals surface area contributed by atoms with Crippen LogP contribution in [0.3, 0.4) is 0 Å². The summed E-state index contributed by atoms with van der Waals surface area (Å²) < 4.78 is 65.7. The molecule has 0 N–H and O–H groups in total. The SMILES string of the molecule is COCC1(CC(=O)N2CCC(c3nc(-c4ccc(F)cc4)no3)(C(F)(F)F)C2)CC1. The van der Waals surface area contributed by atoms with Crippen LogP contribution in [-0.2, 0) is 14.9 Å². The van der Waals surface area contributed by atoms with Crippen LogP contribution in [0.5, 0.6) is 0 Å². The molecule has 1 saturated carbocycles. The lowest BCUT2D eigenvalue weighted by atomic mass is 9.86. The van der Waals surface area contributed by atoms with Gasteiger partial charge in [0.15, 0.2) is 5.41 Å². The van der Waals surface area contributed by atoms with Crippen LogP contribution < -0.4 is 0 Å². The van der Waals surface area contributed by atoms with Crippen molar-refractivity contribution in [3.8, 4) is 11.4 Å². The highest BCUT2D eigenvalue weighted by atomic mass is 19.4. The van der Waals surface area contributed by atoms with Gasteiger partial charge < -0.3 is 14.2 Å². The Labute approximate surface area is 170 Å². The number of carbonyl (C=O) groups is 1. The molecule has 0 radical (unpaired) electrons. The van der Waals surface area contributed by atoms with Crippen molar-refractivity contribution < 1.29 is 31.6 Å². The Morgan fingerprint density at radius 3 is 2.53 bits per heavy atom. The number of likely N-dealkylation sites (tertiary alicyclic amines) is 1. The predicted molar refractivity (Wildman–Crippen MR) is 96.8 cm³/mol. The fourth-order valence-electron chi connectivity index (χ4n) is 3.97. The number of aromatic nitrogens is 2. The van der Waals surface area contributed by atoms with Gasteiger partial charge in [-0.05, 0) is 43.5 Å². The van der Waals surface area contributed by atoms with E-state index in [1.54, 1.807) is 7.11 Å². The largest absolute Gasteiger partial charge is 0.405 e. The molecule has 0 bridgehead atoms. The van der Waals surface area contributed by atoms with Gasteiger partial charge in [0.05, 0.1) is 6.61 Å². The molecule has 1 aliphatic carbocycles. The van der Waals surface area contributed by atoms with Gasteiger partial charge in [-0.25, -0.2) is 4.39 Å². The standard InChI is InChI=1S/C20H21F4N3O3/c1-29-12-18(6-7-18)10-15(28)27-9-8-19(11-27,20(22,23)24)17-25-16(26-30-17)13-2-4-14(21)5-3-13/h2-5H,6-12H2,1H3. The van der Waals surface area contributed by atoms with Gasteiger partial charge >= 0.3 is 6.18 Å². The van der Waals surface area contributed by atoms with E-state index in [0.29, 0.717) is 12.2 Å². The van der Waals surface area contributed by atoms with Gasteiger partial charge in [0.1, 0.15) is 5.82 Å². The van der Waals surface area contributed by atoms with Crippen LogP contribution in [-0.4, -0.2) is 53.9 Å². The Bertz CT molecular complexity index is 924. The van der Waals surface area contributed by atoms with Crippen molar-refractivity contribution in [2.24, 2.45) is 5.41 Å². The van der Waals surface area contributed by atoms with Crippen LogP contribution in [0.1, 0.15) is 31.6 Å². The molecule has 1 unspecified atom stereocenters. The molecule has 1 saturated heterocycles. The third-order valence-corrected chi connectivity index (χ3v) is 6.04. The van der Waals surface area contributed by atoms with Crippen molar-refractivity contribution >= 4 is 5.91 Å². The maximum absolute atomic E-state index is 14.1. The number of carbonyl (C=O) groups excluding carboxylic acids is 1. The van der Waals surface area contributed by atoms with Crippen LogP contribution in [0, 0.1) is 11.2 Å². The first kappa shape index (κ1) is 20.8. The minimum atomic E-state index is -4.68. The van der Waals surface area contributed by atoms with Gasteiger partial charge in [-0.2, -0.15) is 18.2 Å². The second-order valence-corrected chi connectivity index (χ2v) is 8.18. The van der Waals surface area contributed by atoms with Crippen molar-refractivity contribution in [2.45, 2.75) is 37.3 Å². The Hall–Kier alpha value is -2.49. The molecular weight excluding hydrogens is 406 g/mol. The molecule has 1 atom stereocenters. The molecule has 162 valence electrons. The first-order valence-corrected chi connectivity index (χ1v) is 9.62. The minimum Gasteiger partial charge on any atom is -0.384 e. The van der Waals surface area contributed by atoms with Crippen LogP contribution in [0.4, 0.5) is 17.6 Å². The average Bonchev–Trinajstić information content (AvgIpc) is 3.11. The molecule has 1 aromatic carbocycles. The number of benzene rings is 1. The fraction of sp³-hybridized carbons (Fsp3) is 0.550. The molecule has 2 aliphatic rings. The van der Waals surface area contributed by atoms with E-state index in [1.165, 1.54) is 17.0 Å². The first-order chi connectivity index (χ1) is 14.2. The zero-order chi connectivity index (χ0) is 21.6. The summed E-state index contributed by atoms with van der Waals surface area (Å²) in [6.45, 7) is -0.194. The zero-order valence-electron chi connectivity index (χ0n) is 16.3. The van der Waals surface area contributed by atoms with E-state index in [9.17, 15) is 22.4 Å². The zero-order valence-corrected chi connectivity index (χ0v) is 16.3. The van der Waals surface area contributed by atoms with Crippen molar-refractivity contribution in [3.63, 3.8) is 0 Å². The number of rotatable bonds is 6. The monoisotopic (exact) mass is 427 g/mol. The summed E-state index contributed by atoms with van der Waals surface area (Å²) in [7, 11) is 1.55. The Morgan fingerprint density at radius 2 is 1.93 bits per heavy atom. The highest BCUT2D eigenvalue weighted by Crippen LogP contribution is 2.51. The summed E-state index contributed by atoms with van der Waals surface area (Å²) in [6.07, 6.45) is -3.21. The van der Waals surface area contributed by atoms with Crippen molar-refractivity contribution in [3.05, 3.63) is 36.0 Å². The van der Waals surface area contributed by atoms with Gasteiger partial charge in [0.2, 0.25) is 17.6 Å². The molecule has 2 aromatic rings. The van der Waals surface area contributed by atoms with E-state index in [1.807, 2.05) is 0 Å². The van der Waals surface area contributed by atoms with Gasteiger partial charge in [0.25, 0.3) is 0 Å². The second kappa shape index (κ2) is 7.33. The Kier molecular flexibility index (Phi) is 5.08. The number of halogens is 4. The smallest absolute Gasteiger partial charge is 0.384 e. The second-order valence-electron chi connectivity index (χ2n) is 8.18. The predicted octanol–water partition coefficient (Wildman–Crippen LogP) is 3.72.